The summed E-state index contributed by atoms with van der Waals surface area (Å²) in [6.07, 6.45) is 1.26. The summed E-state index contributed by atoms with van der Waals surface area (Å²) >= 11 is 8.25. The summed E-state index contributed by atoms with van der Waals surface area (Å²) < 4.78 is 0. The van der Waals surface area contributed by atoms with E-state index in [1.807, 2.05) is 18.2 Å². The van der Waals surface area contributed by atoms with Gasteiger partial charge in [0.2, 0.25) is 0 Å². The lowest BCUT2D eigenvalue weighted by atomic mass is 10.1. The van der Waals surface area contributed by atoms with Gasteiger partial charge in [0.25, 0.3) is 0 Å². The maximum atomic E-state index is 6.20. The van der Waals surface area contributed by atoms with Crippen molar-refractivity contribution < 1.29 is 0 Å². The van der Waals surface area contributed by atoms with Gasteiger partial charge >= 0.3 is 0 Å². The zero-order valence-corrected chi connectivity index (χ0v) is 11.3. The second-order valence-corrected chi connectivity index (χ2v) is 6.27. The molecule has 1 aliphatic rings. The van der Waals surface area contributed by atoms with Crippen LogP contribution in [-0.2, 0) is 0 Å². The van der Waals surface area contributed by atoms with Gasteiger partial charge in [-0.3, -0.25) is 0 Å². The van der Waals surface area contributed by atoms with Crippen molar-refractivity contribution in [2.45, 2.75) is 37.6 Å². The predicted molar refractivity (Wildman–Crippen MR) is 73.3 cm³/mol. The summed E-state index contributed by atoms with van der Waals surface area (Å²) in [6, 6.07) is 9.05. The zero-order chi connectivity index (χ0) is 11.5. The van der Waals surface area contributed by atoms with Crippen LogP contribution in [0.25, 0.3) is 0 Å². The normalized spacial score (nSPS) is 26.9. The van der Waals surface area contributed by atoms with E-state index in [9.17, 15) is 0 Å². The fourth-order valence-corrected chi connectivity index (χ4v) is 3.70. The van der Waals surface area contributed by atoms with Crippen molar-refractivity contribution >= 4 is 23.4 Å². The molecule has 1 aromatic carbocycles. The molecule has 1 saturated heterocycles. The second kappa shape index (κ2) is 5.44. The molecule has 0 bridgehead atoms. The highest BCUT2D eigenvalue weighted by Crippen LogP contribution is 2.29. The molecule has 0 amide bonds. The van der Waals surface area contributed by atoms with E-state index in [0.29, 0.717) is 17.3 Å². The summed E-state index contributed by atoms with van der Waals surface area (Å²) in [5.41, 5.74) is 1.20. The average Bonchev–Trinajstić information content (AvgIpc) is 2.65. The topological polar surface area (TPSA) is 12.0 Å². The molecule has 3 atom stereocenters. The molecule has 0 saturated carbocycles. The molecule has 0 radical (unpaired) electrons. The third-order valence-corrected chi connectivity index (χ3v) is 4.88. The molecule has 1 nitrogen and oxygen atoms in total. The van der Waals surface area contributed by atoms with Gasteiger partial charge in [0, 0.05) is 22.4 Å². The lowest BCUT2D eigenvalue weighted by molar-refractivity contribution is 0.454. The first kappa shape index (κ1) is 12.3. The summed E-state index contributed by atoms with van der Waals surface area (Å²) in [6.45, 7) is 4.49. The molecule has 1 aliphatic heterocycles. The van der Waals surface area contributed by atoms with Crippen LogP contribution in [0.2, 0.25) is 5.02 Å². The van der Waals surface area contributed by atoms with Gasteiger partial charge in [-0.25, -0.2) is 0 Å². The Bertz CT molecular complexity index is 356. The predicted octanol–water partition coefficient (Wildman–Crippen LogP) is 3.88. The van der Waals surface area contributed by atoms with E-state index in [-0.39, 0.29) is 0 Å². The maximum absolute atomic E-state index is 6.20. The van der Waals surface area contributed by atoms with E-state index in [1.54, 1.807) is 0 Å². The monoisotopic (exact) mass is 255 g/mol. The van der Waals surface area contributed by atoms with Crippen molar-refractivity contribution in [3.63, 3.8) is 0 Å². The lowest BCUT2D eigenvalue weighted by Crippen LogP contribution is -2.35. The Labute approximate surface area is 107 Å². The van der Waals surface area contributed by atoms with Crippen molar-refractivity contribution in [3.05, 3.63) is 34.9 Å². The van der Waals surface area contributed by atoms with E-state index in [1.165, 1.54) is 17.7 Å². The van der Waals surface area contributed by atoms with Crippen molar-refractivity contribution in [3.8, 4) is 0 Å². The SMILES string of the molecule is CC1SCCC1N[C@H](C)c1ccccc1Cl. The average molecular weight is 256 g/mol. The number of thioether (sulfide) groups is 1. The van der Waals surface area contributed by atoms with Gasteiger partial charge in [0.05, 0.1) is 0 Å². The second-order valence-electron chi connectivity index (χ2n) is 4.38. The van der Waals surface area contributed by atoms with Gasteiger partial charge < -0.3 is 5.32 Å². The number of halogens is 1. The fourth-order valence-electron chi connectivity index (χ4n) is 2.19. The van der Waals surface area contributed by atoms with E-state index in [0.717, 1.165) is 5.02 Å². The molecular formula is C13H18ClNS. The maximum Gasteiger partial charge on any atom is 0.0453 e. The van der Waals surface area contributed by atoms with E-state index >= 15 is 0 Å². The zero-order valence-electron chi connectivity index (χ0n) is 9.74. The molecule has 1 aromatic rings. The van der Waals surface area contributed by atoms with Crippen molar-refractivity contribution in [1.29, 1.82) is 0 Å². The highest BCUT2D eigenvalue weighted by atomic mass is 35.5. The molecule has 0 aliphatic carbocycles. The summed E-state index contributed by atoms with van der Waals surface area (Å²) in [7, 11) is 0. The van der Waals surface area contributed by atoms with Gasteiger partial charge in [-0.15, -0.1) is 0 Å². The first-order valence-electron chi connectivity index (χ1n) is 5.80. The summed E-state index contributed by atoms with van der Waals surface area (Å²) in [4.78, 5) is 0. The van der Waals surface area contributed by atoms with E-state index in [4.69, 9.17) is 11.6 Å². The standard InChI is InChI=1S/C13H18ClNS/c1-9(11-5-3-4-6-12(11)14)15-13-7-8-16-10(13)2/h3-6,9-10,13,15H,7-8H2,1-2H3/t9-,10?,13?/m1/s1. The molecule has 1 N–H and O–H groups in total. The van der Waals surface area contributed by atoms with E-state index in [2.05, 4.69) is 37.0 Å². The Balaban J connectivity index is 2.03. The van der Waals surface area contributed by atoms with Crippen LogP contribution in [-0.4, -0.2) is 17.0 Å². The Kier molecular flexibility index (Phi) is 4.17. The van der Waals surface area contributed by atoms with Gasteiger partial charge in [0.15, 0.2) is 0 Å². The quantitative estimate of drug-likeness (QED) is 0.880. The van der Waals surface area contributed by atoms with Crippen molar-refractivity contribution in [1.82, 2.24) is 5.32 Å². The number of hydrogen-bond acceptors (Lipinski definition) is 2. The Morgan fingerprint density at radius 1 is 1.44 bits per heavy atom. The number of nitrogens with one attached hydrogen (secondary N) is 1. The van der Waals surface area contributed by atoms with Gasteiger partial charge in [-0.1, -0.05) is 36.7 Å². The molecule has 2 unspecified atom stereocenters. The lowest BCUT2D eigenvalue weighted by Gasteiger charge is -2.23. The third kappa shape index (κ3) is 2.73. The first-order valence-corrected chi connectivity index (χ1v) is 7.23. The molecule has 16 heavy (non-hydrogen) atoms. The minimum Gasteiger partial charge on any atom is -0.306 e. The van der Waals surface area contributed by atoms with Crippen molar-refractivity contribution in [2.75, 3.05) is 5.75 Å². The van der Waals surface area contributed by atoms with Crippen LogP contribution in [0.4, 0.5) is 0 Å². The van der Waals surface area contributed by atoms with Crippen molar-refractivity contribution in [2.24, 2.45) is 0 Å². The Hall–Kier alpha value is -0.180. The summed E-state index contributed by atoms with van der Waals surface area (Å²) in [5.74, 6) is 1.27. The van der Waals surface area contributed by atoms with Crippen LogP contribution in [0, 0.1) is 0 Å². The minimum atomic E-state index is 0.333. The van der Waals surface area contributed by atoms with Gasteiger partial charge in [-0.05, 0) is 30.7 Å². The molecule has 1 heterocycles. The van der Waals surface area contributed by atoms with Crippen LogP contribution in [0.15, 0.2) is 24.3 Å². The van der Waals surface area contributed by atoms with Crippen LogP contribution in [0.3, 0.4) is 0 Å². The first-order chi connectivity index (χ1) is 7.68. The van der Waals surface area contributed by atoms with Crippen LogP contribution in [0.1, 0.15) is 31.9 Å². The Morgan fingerprint density at radius 2 is 2.19 bits per heavy atom. The smallest absolute Gasteiger partial charge is 0.0453 e. The molecule has 0 spiro atoms. The Morgan fingerprint density at radius 3 is 2.81 bits per heavy atom. The van der Waals surface area contributed by atoms with Crippen LogP contribution in [0.5, 0.6) is 0 Å². The van der Waals surface area contributed by atoms with E-state index < -0.39 is 0 Å². The number of rotatable bonds is 3. The van der Waals surface area contributed by atoms with Crippen LogP contribution >= 0.6 is 23.4 Å². The molecule has 3 heteroatoms. The molecule has 1 fully saturated rings. The number of benzene rings is 1. The molecule has 2 rings (SSSR count). The molecule has 88 valence electrons. The van der Waals surface area contributed by atoms with Gasteiger partial charge in [-0.2, -0.15) is 11.8 Å². The number of hydrogen-bond donors (Lipinski definition) is 1. The summed E-state index contributed by atoms with van der Waals surface area (Å²) in [5, 5.41) is 5.26. The fraction of sp³-hybridized carbons (Fsp3) is 0.538. The third-order valence-electron chi connectivity index (χ3n) is 3.21. The highest BCUT2D eigenvalue weighted by Gasteiger charge is 2.25. The van der Waals surface area contributed by atoms with Crippen LogP contribution < -0.4 is 5.32 Å². The minimum absolute atomic E-state index is 0.333. The molecular weight excluding hydrogens is 238 g/mol. The van der Waals surface area contributed by atoms with Gasteiger partial charge in [0.1, 0.15) is 0 Å². The largest absolute Gasteiger partial charge is 0.306 e. The highest BCUT2D eigenvalue weighted by molar-refractivity contribution is 8.00. The molecule has 0 aromatic heterocycles.